The van der Waals surface area contributed by atoms with Crippen LogP contribution in [0.4, 0.5) is 0 Å². The fourth-order valence-corrected chi connectivity index (χ4v) is 6.63. The number of unbranched alkanes of at least 4 members (excludes halogenated alkanes) is 11. The minimum atomic E-state index is -0.372. The molecule has 2 fully saturated rings. The smallest absolute Gasteiger partial charge is 0.305 e. The molecule has 5 nitrogen and oxygen atoms in total. The summed E-state index contributed by atoms with van der Waals surface area (Å²) in [7, 11) is 0. The number of esters is 1. The highest BCUT2D eigenvalue weighted by molar-refractivity contribution is 5.69. The lowest BCUT2D eigenvalue weighted by molar-refractivity contribution is -0.188. The van der Waals surface area contributed by atoms with Crippen molar-refractivity contribution in [2.45, 2.75) is 167 Å². The third-order valence-electron chi connectivity index (χ3n) is 9.18. The van der Waals surface area contributed by atoms with Gasteiger partial charge in [-0.3, -0.25) is 4.79 Å². The van der Waals surface area contributed by atoms with E-state index in [1.807, 2.05) is 0 Å². The number of carbonyl (C=O) groups is 1. The summed E-state index contributed by atoms with van der Waals surface area (Å²) in [6, 6.07) is 0. The van der Waals surface area contributed by atoms with Crippen molar-refractivity contribution >= 4 is 5.97 Å². The topological polar surface area (TPSA) is 65.0 Å². The lowest BCUT2D eigenvalue weighted by Gasteiger charge is -2.33. The largest absolute Gasteiger partial charge is 0.466 e. The Kier molecular flexibility index (Phi) is 17.9. The van der Waals surface area contributed by atoms with Gasteiger partial charge in [0.1, 0.15) is 0 Å². The quantitative estimate of drug-likeness (QED) is 0.104. The molecule has 1 spiro atoms. The summed E-state index contributed by atoms with van der Waals surface area (Å²) < 4.78 is 17.8. The first-order valence-corrected chi connectivity index (χ1v) is 16.6. The van der Waals surface area contributed by atoms with Crippen LogP contribution in [0.25, 0.3) is 0 Å². The molecule has 0 aromatic heterocycles. The Labute approximate surface area is 235 Å². The Morgan fingerprint density at radius 3 is 2.18 bits per heavy atom. The van der Waals surface area contributed by atoms with Crippen LogP contribution in [0, 0.1) is 17.8 Å². The number of aliphatic hydroxyl groups is 1. The number of aliphatic hydroxyl groups excluding tert-OH is 1. The van der Waals surface area contributed by atoms with Crippen LogP contribution in [-0.2, 0) is 19.0 Å². The highest BCUT2D eigenvalue weighted by Gasteiger charge is 2.51. The second-order valence-corrected chi connectivity index (χ2v) is 12.3. The van der Waals surface area contributed by atoms with E-state index in [0.717, 1.165) is 70.6 Å². The maximum atomic E-state index is 12.1. The fraction of sp³-hybridized carbons (Fsp3) is 0.970. The van der Waals surface area contributed by atoms with Gasteiger partial charge in [0.25, 0.3) is 0 Å². The summed E-state index contributed by atoms with van der Waals surface area (Å²) in [5.74, 6) is 0.993. The van der Waals surface area contributed by atoms with Crippen LogP contribution < -0.4 is 0 Å². The SMILES string of the molecule is CCCCCCCCCCOC(=O)CCCCCC[C@@H]1[C@@H](CC[C@H](O)[C@@H](C)CCCC)CCC12OCCO2. The van der Waals surface area contributed by atoms with E-state index in [9.17, 15) is 9.90 Å². The van der Waals surface area contributed by atoms with E-state index in [1.165, 1.54) is 57.8 Å². The minimum absolute atomic E-state index is 0.0257. The van der Waals surface area contributed by atoms with Crippen LogP contribution in [-0.4, -0.2) is 42.8 Å². The molecule has 1 aliphatic carbocycles. The summed E-state index contributed by atoms with van der Waals surface area (Å²) in [6.45, 7) is 8.67. The Balaban J connectivity index is 1.57. The van der Waals surface area contributed by atoms with Gasteiger partial charge < -0.3 is 19.3 Å². The van der Waals surface area contributed by atoms with Crippen molar-refractivity contribution in [3.63, 3.8) is 0 Å². The van der Waals surface area contributed by atoms with E-state index in [4.69, 9.17) is 14.2 Å². The number of ether oxygens (including phenoxy) is 3. The predicted octanol–water partition coefficient (Wildman–Crippen LogP) is 8.75. The first kappa shape index (κ1) is 33.6. The van der Waals surface area contributed by atoms with E-state index in [0.29, 0.717) is 44.0 Å². The van der Waals surface area contributed by atoms with E-state index < -0.39 is 0 Å². The van der Waals surface area contributed by atoms with Crippen LogP contribution in [0.5, 0.6) is 0 Å². The van der Waals surface area contributed by atoms with Crippen molar-refractivity contribution in [2.75, 3.05) is 19.8 Å². The number of rotatable bonds is 23. The van der Waals surface area contributed by atoms with Crippen molar-refractivity contribution in [2.24, 2.45) is 17.8 Å². The Morgan fingerprint density at radius 1 is 0.842 bits per heavy atom. The van der Waals surface area contributed by atoms with Gasteiger partial charge in [0, 0.05) is 18.8 Å². The summed E-state index contributed by atoms with van der Waals surface area (Å²) in [4.78, 5) is 12.1. The number of hydrogen-bond acceptors (Lipinski definition) is 5. The monoisotopic (exact) mass is 538 g/mol. The molecule has 0 radical (unpaired) electrons. The normalized spacial score (nSPS) is 22.2. The molecule has 1 saturated heterocycles. The van der Waals surface area contributed by atoms with Crippen molar-refractivity contribution in [3.8, 4) is 0 Å². The van der Waals surface area contributed by atoms with Crippen molar-refractivity contribution < 1.29 is 24.1 Å². The molecular weight excluding hydrogens is 476 g/mol. The molecule has 224 valence electrons. The molecule has 0 unspecified atom stereocenters. The van der Waals surface area contributed by atoms with Gasteiger partial charge in [-0.05, 0) is 56.8 Å². The van der Waals surface area contributed by atoms with Gasteiger partial charge in [-0.15, -0.1) is 0 Å². The van der Waals surface area contributed by atoms with Crippen LogP contribution in [0.2, 0.25) is 0 Å². The van der Waals surface area contributed by atoms with E-state index in [1.54, 1.807) is 0 Å². The molecular formula is C33H62O5. The molecule has 1 saturated carbocycles. The molecule has 0 amide bonds. The van der Waals surface area contributed by atoms with Crippen LogP contribution in [0.15, 0.2) is 0 Å². The zero-order chi connectivity index (χ0) is 27.5. The summed E-state index contributed by atoms with van der Waals surface area (Å²) in [5.41, 5.74) is 0. The molecule has 1 aliphatic heterocycles. The van der Waals surface area contributed by atoms with E-state index >= 15 is 0 Å². The highest BCUT2D eigenvalue weighted by Crippen LogP contribution is 2.50. The maximum absolute atomic E-state index is 12.1. The Hall–Kier alpha value is -0.650. The molecule has 0 bridgehead atoms. The van der Waals surface area contributed by atoms with Crippen LogP contribution >= 0.6 is 0 Å². The first-order chi connectivity index (χ1) is 18.5. The molecule has 2 rings (SSSR count). The number of carbonyl (C=O) groups excluding carboxylic acids is 1. The molecule has 5 heteroatoms. The first-order valence-electron chi connectivity index (χ1n) is 16.6. The molecule has 0 aromatic carbocycles. The van der Waals surface area contributed by atoms with Gasteiger partial charge in [-0.2, -0.15) is 0 Å². The second kappa shape index (κ2) is 20.3. The minimum Gasteiger partial charge on any atom is -0.466 e. The zero-order valence-electron chi connectivity index (χ0n) is 25.4. The third kappa shape index (κ3) is 12.7. The van der Waals surface area contributed by atoms with Gasteiger partial charge in [0.2, 0.25) is 0 Å². The third-order valence-corrected chi connectivity index (χ3v) is 9.18. The molecule has 38 heavy (non-hydrogen) atoms. The van der Waals surface area contributed by atoms with Gasteiger partial charge >= 0.3 is 5.97 Å². The molecule has 4 atom stereocenters. The van der Waals surface area contributed by atoms with E-state index in [2.05, 4.69) is 20.8 Å². The van der Waals surface area contributed by atoms with Crippen LogP contribution in [0.3, 0.4) is 0 Å². The van der Waals surface area contributed by atoms with Gasteiger partial charge in [0.15, 0.2) is 5.79 Å². The van der Waals surface area contributed by atoms with Gasteiger partial charge in [-0.25, -0.2) is 0 Å². The summed E-state index contributed by atoms with van der Waals surface area (Å²) >= 11 is 0. The lowest BCUT2D eigenvalue weighted by atomic mass is 9.83. The maximum Gasteiger partial charge on any atom is 0.305 e. The lowest BCUT2D eigenvalue weighted by Crippen LogP contribution is -2.37. The molecule has 1 N–H and O–H groups in total. The average Bonchev–Trinajstić information content (AvgIpc) is 3.53. The zero-order valence-corrected chi connectivity index (χ0v) is 25.4. The average molecular weight is 539 g/mol. The Morgan fingerprint density at radius 2 is 1.47 bits per heavy atom. The van der Waals surface area contributed by atoms with Crippen molar-refractivity contribution in [1.29, 1.82) is 0 Å². The van der Waals surface area contributed by atoms with Gasteiger partial charge in [-0.1, -0.05) is 97.8 Å². The Bertz CT molecular complexity index is 588. The van der Waals surface area contributed by atoms with Gasteiger partial charge in [0.05, 0.1) is 25.9 Å². The molecule has 0 aromatic rings. The summed E-state index contributed by atoms with van der Waals surface area (Å²) in [6.07, 6.45) is 23.5. The number of hydrogen-bond donors (Lipinski definition) is 1. The predicted molar refractivity (Wildman–Crippen MR) is 156 cm³/mol. The second-order valence-electron chi connectivity index (χ2n) is 12.3. The standard InChI is InChI=1S/C33H62O5/c1-4-6-8-9-10-11-14-17-25-36-32(35)20-16-13-12-15-19-30-29(23-24-33(30)37-26-27-38-33)21-22-31(34)28(3)18-7-5-2/h28-31,34H,4-27H2,1-3H3/t28-,29-,30+,31-/m0/s1. The van der Waals surface area contributed by atoms with Crippen LogP contribution in [0.1, 0.15) is 156 Å². The van der Waals surface area contributed by atoms with E-state index in [-0.39, 0.29) is 17.9 Å². The highest BCUT2D eigenvalue weighted by atomic mass is 16.7. The fourth-order valence-electron chi connectivity index (χ4n) is 6.63. The summed E-state index contributed by atoms with van der Waals surface area (Å²) in [5, 5.41) is 10.7. The molecule has 1 heterocycles. The molecule has 2 aliphatic rings. The van der Waals surface area contributed by atoms with Crippen molar-refractivity contribution in [1.82, 2.24) is 0 Å². The van der Waals surface area contributed by atoms with Crippen molar-refractivity contribution in [3.05, 3.63) is 0 Å².